The molecule has 4 heteroatoms. The Morgan fingerprint density at radius 3 is 2.79 bits per heavy atom. The summed E-state index contributed by atoms with van der Waals surface area (Å²) in [5.74, 6) is 0.268. The van der Waals surface area contributed by atoms with Gasteiger partial charge in [-0.2, -0.15) is 0 Å². The van der Waals surface area contributed by atoms with Crippen molar-refractivity contribution in [2.45, 2.75) is 24.9 Å². The van der Waals surface area contributed by atoms with Crippen molar-refractivity contribution in [3.8, 4) is 0 Å². The van der Waals surface area contributed by atoms with Gasteiger partial charge in [0, 0.05) is 12.6 Å². The van der Waals surface area contributed by atoms with Crippen molar-refractivity contribution in [2.75, 3.05) is 26.8 Å². The second-order valence-corrected chi connectivity index (χ2v) is 5.62. The van der Waals surface area contributed by atoms with Crippen LogP contribution in [0.5, 0.6) is 0 Å². The molecule has 2 fully saturated rings. The number of nitrogens with one attached hydrogen (secondary N) is 1. The van der Waals surface area contributed by atoms with E-state index in [0.717, 1.165) is 25.9 Å². The van der Waals surface area contributed by atoms with Crippen molar-refractivity contribution in [1.82, 2.24) is 15.1 Å². The lowest BCUT2D eigenvalue weighted by Crippen LogP contribution is -2.40. The van der Waals surface area contributed by atoms with Gasteiger partial charge in [-0.3, -0.25) is 10.1 Å². The molecule has 0 radical (unpaired) electrons. The lowest BCUT2D eigenvalue weighted by Gasteiger charge is -2.23. The maximum absolute atomic E-state index is 12.4. The Balaban J connectivity index is 1.62. The van der Waals surface area contributed by atoms with E-state index >= 15 is 0 Å². The van der Waals surface area contributed by atoms with Gasteiger partial charge < -0.3 is 9.80 Å². The van der Waals surface area contributed by atoms with Gasteiger partial charge in [-0.05, 0) is 32.0 Å². The van der Waals surface area contributed by atoms with Gasteiger partial charge in [0.1, 0.15) is 0 Å². The third-order valence-electron chi connectivity index (χ3n) is 4.18. The van der Waals surface area contributed by atoms with Crippen LogP contribution in [0.1, 0.15) is 12.0 Å². The Hall–Kier alpha value is -1.39. The van der Waals surface area contributed by atoms with Gasteiger partial charge in [-0.25, -0.2) is 0 Å². The molecule has 0 spiro atoms. The molecule has 4 nitrogen and oxygen atoms in total. The van der Waals surface area contributed by atoms with Crippen molar-refractivity contribution < 1.29 is 4.79 Å². The lowest BCUT2D eigenvalue weighted by molar-refractivity contribution is -0.130. The SMILES string of the molecule is CN1CCC(N2CNC(Cc3ccccc3)C2=O)C1. The van der Waals surface area contributed by atoms with Gasteiger partial charge in [0.2, 0.25) is 5.91 Å². The van der Waals surface area contributed by atoms with E-state index < -0.39 is 0 Å². The van der Waals surface area contributed by atoms with E-state index in [1.807, 2.05) is 23.1 Å². The van der Waals surface area contributed by atoms with Crippen LogP contribution in [0, 0.1) is 0 Å². The zero-order valence-corrected chi connectivity index (χ0v) is 11.4. The molecule has 2 unspecified atom stereocenters. The van der Waals surface area contributed by atoms with E-state index in [1.54, 1.807) is 0 Å². The molecule has 2 saturated heterocycles. The second kappa shape index (κ2) is 5.31. The highest BCUT2D eigenvalue weighted by Crippen LogP contribution is 2.19. The zero-order chi connectivity index (χ0) is 13.2. The van der Waals surface area contributed by atoms with E-state index in [4.69, 9.17) is 0 Å². The molecule has 0 bridgehead atoms. The first-order valence-electron chi connectivity index (χ1n) is 7.00. The van der Waals surface area contributed by atoms with Gasteiger partial charge >= 0.3 is 0 Å². The molecule has 2 aliphatic rings. The molecule has 0 aromatic heterocycles. The number of nitrogens with zero attached hydrogens (tertiary/aromatic N) is 2. The zero-order valence-electron chi connectivity index (χ0n) is 11.4. The van der Waals surface area contributed by atoms with Crippen LogP contribution < -0.4 is 5.32 Å². The molecule has 3 rings (SSSR count). The predicted molar refractivity (Wildman–Crippen MR) is 74.7 cm³/mol. The standard InChI is InChI=1S/C15H21N3O/c1-17-8-7-13(10-17)18-11-16-14(15(18)19)9-12-5-3-2-4-6-12/h2-6,13-14,16H,7-11H2,1H3. The molecule has 1 N–H and O–H groups in total. The highest BCUT2D eigenvalue weighted by molar-refractivity contribution is 5.84. The van der Waals surface area contributed by atoms with E-state index in [1.165, 1.54) is 5.56 Å². The largest absolute Gasteiger partial charge is 0.324 e. The van der Waals surface area contributed by atoms with Crippen LogP contribution >= 0.6 is 0 Å². The quantitative estimate of drug-likeness (QED) is 0.867. The molecule has 1 aromatic rings. The summed E-state index contributed by atoms with van der Waals surface area (Å²) in [6.07, 6.45) is 1.89. The highest BCUT2D eigenvalue weighted by Gasteiger charge is 2.37. The number of likely N-dealkylation sites (N-methyl/N-ethyl adjacent to an activating group) is 1. The molecular formula is C15H21N3O. The first-order valence-corrected chi connectivity index (χ1v) is 7.00. The molecule has 2 heterocycles. The van der Waals surface area contributed by atoms with Gasteiger partial charge in [0.05, 0.1) is 12.7 Å². The summed E-state index contributed by atoms with van der Waals surface area (Å²) in [4.78, 5) is 16.8. The average molecular weight is 259 g/mol. The Morgan fingerprint density at radius 1 is 1.32 bits per heavy atom. The number of carbonyl (C=O) groups excluding carboxylic acids is 1. The summed E-state index contributed by atoms with van der Waals surface area (Å²) in [5, 5.41) is 3.35. The molecule has 2 atom stereocenters. The Morgan fingerprint density at radius 2 is 2.11 bits per heavy atom. The third-order valence-corrected chi connectivity index (χ3v) is 4.18. The monoisotopic (exact) mass is 259 g/mol. The molecule has 19 heavy (non-hydrogen) atoms. The summed E-state index contributed by atoms with van der Waals surface area (Å²) in [7, 11) is 2.12. The minimum Gasteiger partial charge on any atom is -0.324 e. The van der Waals surface area contributed by atoms with E-state index in [-0.39, 0.29) is 11.9 Å². The number of likely N-dealkylation sites (tertiary alicyclic amines) is 1. The number of amides is 1. The first-order chi connectivity index (χ1) is 9.24. The van der Waals surface area contributed by atoms with E-state index in [9.17, 15) is 4.79 Å². The molecule has 1 amide bonds. The van der Waals surface area contributed by atoms with E-state index in [0.29, 0.717) is 12.7 Å². The average Bonchev–Trinajstić information content (AvgIpc) is 2.99. The third kappa shape index (κ3) is 2.65. The summed E-state index contributed by atoms with van der Waals surface area (Å²) < 4.78 is 0. The van der Waals surface area contributed by atoms with Crippen molar-refractivity contribution in [3.63, 3.8) is 0 Å². The molecule has 0 aliphatic carbocycles. The van der Waals surface area contributed by atoms with Crippen LogP contribution in [0.25, 0.3) is 0 Å². The summed E-state index contributed by atoms with van der Waals surface area (Å²) in [6.45, 7) is 2.80. The molecular weight excluding hydrogens is 238 g/mol. The second-order valence-electron chi connectivity index (χ2n) is 5.62. The Bertz CT molecular complexity index is 448. The van der Waals surface area contributed by atoms with E-state index in [2.05, 4.69) is 29.4 Å². The summed E-state index contributed by atoms with van der Waals surface area (Å²) in [6, 6.07) is 10.6. The fraction of sp³-hybridized carbons (Fsp3) is 0.533. The topological polar surface area (TPSA) is 35.6 Å². The van der Waals surface area contributed by atoms with Crippen LogP contribution in [0.3, 0.4) is 0 Å². The Kier molecular flexibility index (Phi) is 3.53. The van der Waals surface area contributed by atoms with Crippen molar-refractivity contribution in [3.05, 3.63) is 35.9 Å². The number of hydrogen-bond donors (Lipinski definition) is 1. The fourth-order valence-corrected chi connectivity index (χ4v) is 3.06. The first kappa shape index (κ1) is 12.6. The van der Waals surface area contributed by atoms with Crippen molar-refractivity contribution >= 4 is 5.91 Å². The highest BCUT2D eigenvalue weighted by atomic mass is 16.2. The lowest BCUT2D eigenvalue weighted by atomic mass is 10.1. The van der Waals surface area contributed by atoms with Crippen LogP contribution in [-0.2, 0) is 11.2 Å². The number of benzene rings is 1. The molecule has 1 aromatic carbocycles. The smallest absolute Gasteiger partial charge is 0.241 e. The fourth-order valence-electron chi connectivity index (χ4n) is 3.06. The molecule has 0 saturated carbocycles. The van der Waals surface area contributed by atoms with Crippen LogP contribution in [-0.4, -0.2) is 54.6 Å². The normalized spacial score (nSPS) is 28.3. The van der Waals surface area contributed by atoms with Gasteiger partial charge in [0.25, 0.3) is 0 Å². The van der Waals surface area contributed by atoms with Crippen LogP contribution in [0.15, 0.2) is 30.3 Å². The van der Waals surface area contributed by atoms with Crippen LogP contribution in [0.4, 0.5) is 0 Å². The number of carbonyl (C=O) groups is 1. The minimum atomic E-state index is -0.0479. The van der Waals surface area contributed by atoms with Crippen molar-refractivity contribution in [2.24, 2.45) is 0 Å². The van der Waals surface area contributed by atoms with Gasteiger partial charge in [-0.15, -0.1) is 0 Å². The van der Waals surface area contributed by atoms with Crippen molar-refractivity contribution in [1.29, 1.82) is 0 Å². The number of rotatable bonds is 3. The van der Waals surface area contributed by atoms with Gasteiger partial charge in [-0.1, -0.05) is 30.3 Å². The maximum atomic E-state index is 12.4. The molecule has 102 valence electrons. The summed E-state index contributed by atoms with van der Waals surface area (Å²) >= 11 is 0. The summed E-state index contributed by atoms with van der Waals surface area (Å²) in [5.41, 5.74) is 1.22. The van der Waals surface area contributed by atoms with Crippen LogP contribution in [0.2, 0.25) is 0 Å². The predicted octanol–water partition coefficient (Wildman–Crippen LogP) is 0.691. The number of hydrogen-bond acceptors (Lipinski definition) is 3. The molecule has 2 aliphatic heterocycles. The van der Waals surface area contributed by atoms with Gasteiger partial charge in [0.15, 0.2) is 0 Å². The minimum absolute atomic E-state index is 0.0479. The Labute approximate surface area is 114 Å². The maximum Gasteiger partial charge on any atom is 0.241 e.